The van der Waals surface area contributed by atoms with E-state index in [2.05, 4.69) is 10.7 Å². The van der Waals surface area contributed by atoms with Crippen molar-refractivity contribution in [1.82, 2.24) is 20.7 Å². The van der Waals surface area contributed by atoms with E-state index in [4.69, 9.17) is 5.73 Å². The lowest BCUT2D eigenvalue weighted by Gasteiger charge is -2.37. The summed E-state index contributed by atoms with van der Waals surface area (Å²) >= 11 is 0. The molecular formula is C35H63N5O6. The van der Waals surface area contributed by atoms with Crippen molar-refractivity contribution in [3.8, 4) is 0 Å². The smallest absolute Gasteiger partial charge is 0.234 e. The Labute approximate surface area is 276 Å². The van der Waals surface area contributed by atoms with E-state index in [1.807, 2.05) is 25.7 Å². The van der Waals surface area contributed by atoms with Gasteiger partial charge in [-0.25, -0.2) is 5.01 Å². The number of rotatable bonds is 17. The predicted molar refractivity (Wildman–Crippen MR) is 178 cm³/mol. The maximum atomic E-state index is 13.9. The van der Waals surface area contributed by atoms with Gasteiger partial charge in [0.15, 0.2) is 0 Å². The van der Waals surface area contributed by atoms with Crippen LogP contribution in [-0.2, 0) is 19.2 Å². The van der Waals surface area contributed by atoms with Gasteiger partial charge in [-0.05, 0) is 88.9 Å². The number of carbonyl (C=O) groups is 4. The molecule has 0 bridgehead atoms. The van der Waals surface area contributed by atoms with Crippen molar-refractivity contribution < 1.29 is 29.4 Å². The van der Waals surface area contributed by atoms with Crippen LogP contribution < -0.4 is 16.5 Å². The first-order valence-electron chi connectivity index (χ1n) is 18.3. The van der Waals surface area contributed by atoms with E-state index in [1.165, 1.54) is 19.3 Å². The molecule has 11 nitrogen and oxygen atoms in total. The Morgan fingerprint density at radius 2 is 1.43 bits per heavy atom. The minimum atomic E-state index is -0.955. The van der Waals surface area contributed by atoms with Crippen LogP contribution >= 0.6 is 0 Å². The highest BCUT2D eigenvalue weighted by Gasteiger charge is 2.41. The summed E-state index contributed by atoms with van der Waals surface area (Å²) in [4.78, 5) is 54.5. The number of carbonyl (C=O) groups excluding carboxylic acids is 4. The molecule has 3 saturated carbocycles. The lowest BCUT2D eigenvalue weighted by molar-refractivity contribution is -0.141. The topological polar surface area (TPSA) is 165 Å². The zero-order chi connectivity index (χ0) is 33.6. The lowest BCUT2D eigenvalue weighted by atomic mass is 9.73. The summed E-state index contributed by atoms with van der Waals surface area (Å²) in [5.74, 6) is -1.80. The number of aliphatic hydroxyl groups is 2. The van der Waals surface area contributed by atoms with Gasteiger partial charge in [0, 0.05) is 50.4 Å². The molecule has 3 aliphatic rings. The van der Waals surface area contributed by atoms with Crippen LogP contribution in [0.4, 0.5) is 0 Å². The van der Waals surface area contributed by atoms with Crippen molar-refractivity contribution in [2.75, 3.05) is 26.2 Å². The van der Waals surface area contributed by atoms with Gasteiger partial charge in [0.25, 0.3) is 0 Å². The first-order chi connectivity index (χ1) is 22.0. The Hall–Kier alpha value is -2.24. The molecule has 4 amide bonds. The van der Waals surface area contributed by atoms with E-state index in [0.717, 1.165) is 38.5 Å². The molecule has 0 aromatic rings. The molecule has 6 N–H and O–H groups in total. The van der Waals surface area contributed by atoms with Crippen LogP contribution in [-0.4, -0.2) is 88.2 Å². The van der Waals surface area contributed by atoms with E-state index in [9.17, 15) is 29.4 Å². The first kappa shape index (κ1) is 38.2. The predicted octanol–water partition coefficient (Wildman–Crippen LogP) is 3.26. The molecule has 0 spiro atoms. The molecule has 0 saturated heterocycles. The Kier molecular flexibility index (Phi) is 16.2. The minimum Gasteiger partial charge on any atom is -0.393 e. The van der Waals surface area contributed by atoms with Gasteiger partial charge < -0.3 is 26.2 Å². The van der Waals surface area contributed by atoms with Crippen molar-refractivity contribution in [1.29, 1.82) is 0 Å². The van der Waals surface area contributed by atoms with Gasteiger partial charge in [0.1, 0.15) is 0 Å². The zero-order valence-corrected chi connectivity index (χ0v) is 28.8. The molecule has 5 unspecified atom stereocenters. The maximum Gasteiger partial charge on any atom is 0.234 e. The van der Waals surface area contributed by atoms with E-state index in [1.54, 1.807) is 5.01 Å². The van der Waals surface area contributed by atoms with Crippen molar-refractivity contribution >= 4 is 23.6 Å². The number of primary amides is 1. The van der Waals surface area contributed by atoms with Gasteiger partial charge in [0.2, 0.25) is 23.6 Å². The largest absolute Gasteiger partial charge is 0.393 e. The number of likely N-dealkylation sites (N-methyl/N-ethyl adjacent to an activating group) is 1. The van der Waals surface area contributed by atoms with Gasteiger partial charge in [-0.3, -0.25) is 24.6 Å². The van der Waals surface area contributed by atoms with Gasteiger partial charge in [-0.1, -0.05) is 40.0 Å². The second kappa shape index (κ2) is 19.5. The third-order valence-electron chi connectivity index (χ3n) is 10.6. The third-order valence-corrected chi connectivity index (χ3v) is 10.6. The summed E-state index contributed by atoms with van der Waals surface area (Å²) in [7, 11) is 0. The fraction of sp³-hybridized carbons (Fsp3) is 0.886. The molecular weight excluding hydrogens is 586 g/mol. The molecule has 3 rings (SSSR count). The number of nitrogens with one attached hydrogen (secondary N) is 2. The summed E-state index contributed by atoms with van der Waals surface area (Å²) in [5, 5.41) is 26.5. The Morgan fingerprint density at radius 3 is 2.02 bits per heavy atom. The SMILES string of the molecule is CCCN(CCC)C(=O)C1CC(C(N)=O)CC(C(=O)NC(CC2CCC(O)CC2)C(O)CN(CC)NC(=O)CC2CCCCC2)C1. The highest BCUT2D eigenvalue weighted by Crippen LogP contribution is 2.36. The Bertz CT molecular complexity index is 961. The standard InChI is InChI=1S/C35H63N5O6/c1-4-16-39(17-5-2)35(46)28-21-26(33(36)44)20-27(22-28)34(45)37-30(18-25-12-14-29(41)15-13-25)31(42)23-40(6-3)38-32(43)19-24-10-8-7-9-11-24/h24-31,41-42H,4-23H2,1-3H3,(H2,36,44)(H,37,45)(H,38,43). The second-order valence-electron chi connectivity index (χ2n) is 14.4. The minimum absolute atomic E-state index is 0.0210. The van der Waals surface area contributed by atoms with Crippen molar-refractivity contribution in [2.24, 2.45) is 35.3 Å². The van der Waals surface area contributed by atoms with Crippen LogP contribution in [0.2, 0.25) is 0 Å². The molecule has 3 fully saturated rings. The van der Waals surface area contributed by atoms with Crippen LogP contribution in [0.1, 0.15) is 124 Å². The molecule has 11 heteroatoms. The number of hydrazine groups is 1. The van der Waals surface area contributed by atoms with Crippen LogP contribution in [0.5, 0.6) is 0 Å². The Morgan fingerprint density at radius 1 is 0.826 bits per heavy atom. The number of amides is 4. The average Bonchev–Trinajstić information content (AvgIpc) is 3.04. The van der Waals surface area contributed by atoms with Gasteiger partial charge in [-0.15, -0.1) is 0 Å². The average molecular weight is 650 g/mol. The quantitative estimate of drug-likeness (QED) is 0.151. The normalized spacial score (nSPS) is 27.0. The fourth-order valence-corrected chi connectivity index (χ4v) is 7.93. The molecule has 5 atom stereocenters. The van der Waals surface area contributed by atoms with E-state index in [-0.39, 0.29) is 42.7 Å². The fourth-order valence-electron chi connectivity index (χ4n) is 7.93. The third kappa shape index (κ3) is 12.1. The number of aliphatic hydroxyl groups excluding tert-OH is 2. The maximum absolute atomic E-state index is 13.9. The summed E-state index contributed by atoms with van der Waals surface area (Å²) in [6, 6.07) is -0.586. The van der Waals surface area contributed by atoms with Crippen LogP contribution in [0.15, 0.2) is 0 Å². The van der Waals surface area contributed by atoms with E-state index < -0.39 is 35.8 Å². The number of nitrogens with zero attached hydrogens (tertiary/aromatic N) is 2. The molecule has 0 aliphatic heterocycles. The zero-order valence-electron chi connectivity index (χ0n) is 28.8. The summed E-state index contributed by atoms with van der Waals surface area (Å²) in [5.41, 5.74) is 8.73. The van der Waals surface area contributed by atoms with Gasteiger partial charge in [-0.2, -0.15) is 0 Å². The van der Waals surface area contributed by atoms with Crippen LogP contribution in [0, 0.1) is 29.6 Å². The van der Waals surface area contributed by atoms with Crippen LogP contribution in [0.25, 0.3) is 0 Å². The lowest BCUT2D eigenvalue weighted by Crippen LogP contribution is -2.54. The number of hydrogen-bond donors (Lipinski definition) is 5. The van der Waals surface area contributed by atoms with Crippen molar-refractivity contribution in [2.45, 2.75) is 142 Å². The van der Waals surface area contributed by atoms with E-state index in [0.29, 0.717) is 64.1 Å². The molecule has 264 valence electrons. The number of hydrogen-bond acceptors (Lipinski definition) is 7. The second-order valence-corrected chi connectivity index (χ2v) is 14.4. The van der Waals surface area contributed by atoms with E-state index >= 15 is 0 Å². The molecule has 0 aromatic carbocycles. The monoisotopic (exact) mass is 649 g/mol. The number of nitrogens with two attached hydrogens (primary N) is 1. The van der Waals surface area contributed by atoms with Crippen molar-refractivity contribution in [3.63, 3.8) is 0 Å². The van der Waals surface area contributed by atoms with Crippen molar-refractivity contribution in [3.05, 3.63) is 0 Å². The molecule has 0 heterocycles. The summed E-state index contributed by atoms with van der Waals surface area (Å²) in [6.07, 6.45) is 11.1. The highest BCUT2D eigenvalue weighted by molar-refractivity contribution is 5.85. The highest BCUT2D eigenvalue weighted by atomic mass is 16.3. The molecule has 0 aromatic heterocycles. The van der Waals surface area contributed by atoms with Gasteiger partial charge in [0.05, 0.1) is 18.2 Å². The van der Waals surface area contributed by atoms with Crippen LogP contribution in [0.3, 0.4) is 0 Å². The summed E-state index contributed by atoms with van der Waals surface area (Å²) in [6.45, 7) is 7.91. The molecule has 46 heavy (non-hydrogen) atoms. The molecule has 0 radical (unpaired) electrons. The van der Waals surface area contributed by atoms with Gasteiger partial charge >= 0.3 is 0 Å². The first-order valence-corrected chi connectivity index (χ1v) is 18.3. The summed E-state index contributed by atoms with van der Waals surface area (Å²) < 4.78 is 0. The Balaban J connectivity index is 1.71. The molecule has 3 aliphatic carbocycles.